The van der Waals surface area contributed by atoms with Crippen molar-refractivity contribution in [2.45, 2.75) is 4.90 Å². The Bertz CT molecular complexity index is 1580. The first-order valence-electron chi connectivity index (χ1n) is 8.96. The zero-order valence-electron chi connectivity index (χ0n) is 15.5. The fraction of sp³-hybridized carbons (Fsp3) is 0. The number of hydrogen-bond acceptors (Lipinski definition) is 5. The van der Waals surface area contributed by atoms with Crippen LogP contribution in [0.5, 0.6) is 0 Å². The Balaban J connectivity index is 1.65. The maximum absolute atomic E-state index is 13.2. The van der Waals surface area contributed by atoms with Gasteiger partial charge in [0, 0.05) is 5.69 Å². The second-order valence-corrected chi connectivity index (χ2v) is 9.24. The Kier molecular flexibility index (Phi) is 4.40. The maximum atomic E-state index is 13.2. The Morgan fingerprint density at radius 3 is 2.35 bits per heavy atom. The van der Waals surface area contributed by atoms with Gasteiger partial charge in [-0.3, -0.25) is 18.9 Å². The monoisotopic (exact) mass is 471 g/mol. The molecule has 0 unspecified atom stereocenters. The zero-order chi connectivity index (χ0) is 21.9. The second-order valence-electron chi connectivity index (χ2n) is 6.81. The van der Waals surface area contributed by atoms with Crippen molar-refractivity contribution >= 4 is 55.6 Å². The van der Waals surface area contributed by atoms with Crippen molar-refractivity contribution in [2.75, 3.05) is 4.72 Å². The van der Waals surface area contributed by atoms with E-state index in [1.165, 1.54) is 41.0 Å². The van der Waals surface area contributed by atoms with Gasteiger partial charge in [-0.1, -0.05) is 41.4 Å². The lowest BCUT2D eigenvalue weighted by atomic mass is 10.1. The fourth-order valence-corrected chi connectivity index (χ4v) is 5.75. The Morgan fingerprint density at radius 1 is 0.903 bits per heavy atom. The van der Waals surface area contributed by atoms with E-state index >= 15 is 0 Å². The average molecular weight is 472 g/mol. The van der Waals surface area contributed by atoms with Crippen molar-refractivity contribution in [3.63, 3.8) is 0 Å². The van der Waals surface area contributed by atoms with Gasteiger partial charge >= 0.3 is 0 Å². The topological polar surface area (TPSA) is 98.1 Å². The molecule has 0 bridgehead atoms. The van der Waals surface area contributed by atoms with E-state index in [0.29, 0.717) is 11.3 Å². The van der Waals surface area contributed by atoms with Gasteiger partial charge in [-0.05, 0) is 42.5 Å². The van der Waals surface area contributed by atoms with Crippen LogP contribution in [0.3, 0.4) is 0 Å². The van der Waals surface area contributed by atoms with Gasteiger partial charge in [-0.2, -0.15) is 0 Å². The number of carbonyl (C=O) groups is 1. The molecule has 3 aromatic carbocycles. The van der Waals surface area contributed by atoms with Gasteiger partial charge in [0.25, 0.3) is 15.6 Å². The molecule has 1 aliphatic heterocycles. The number of aromatic nitrogens is 2. The normalized spacial score (nSPS) is 12.6. The summed E-state index contributed by atoms with van der Waals surface area (Å²) in [5.74, 6) is -0.317. The molecule has 7 nitrogen and oxygen atoms in total. The molecule has 5 rings (SSSR count). The number of fused-ring (bicyclic) bond motifs is 4. The van der Waals surface area contributed by atoms with Crippen LogP contribution in [0.1, 0.15) is 16.2 Å². The summed E-state index contributed by atoms with van der Waals surface area (Å²) < 4.78 is 29.3. The molecule has 0 spiro atoms. The predicted molar refractivity (Wildman–Crippen MR) is 118 cm³/mol. The molecule has 2 heterocycles. The van der Waals surface area contributed by atoms with Crippen molar-refractivity contribution < 1.29 is 13.2 Å². The van der Waals surface area contributed by atoms with Gasteiger partial charge in [-0.15, -0.1) is 0 Å². The van der Waals surface area contributed by atoms with Crippen molar-refractivity contribution in [3.8, 4) is 5.69 Å². The lowest BCUT2D eigenvalue weighted by Gasteiger charge is -2.12. The minimum Gasteiger partial charge on any atom is -0.285 e. The highest BCUT2D eigenvalue weighted by Crippen LogP contribution is 2.31. The molecular formula is C21H11Cl2N3O4S. The van der Waals surface area contributed by atoms with Crippen molar-refractivity contribution in [1.29, 1.82) is 0 Å². The highest BCUT2D eigenvalue weighted by Gasteiger charge is 2.30. The molecule has 1 N–H and O–H groups in total. The highest BCUT2D eigenvalue weighted by molar-refractivity contribution is 7.93. The molecule has 10 heteroatoms. The first-order valence-corrected chi connectivity index (χ1v) is 11.2. The van der Waals surface area contributed by atoms with Crippen molar-refractivity contribution in [1.82, 2.24) is 9.55 Å². The summed E-state index contributed by atoms with van der Waals surface area (Å²) in [5, 5.41) is 0.0876. The maximum Gasteiger partial charge on any atom is 0.266 e. The number of para-hydroxylation sites is 1. The molecule has 0 atom stereocenters. The molecule has 154 valence electrons. The van der Waals surface area contributed by atoms with Crippen LogP contribution in [-0.2, 0) is 10.0 Å². The summed E-state index contributed by atoms with van der Waals surface area (Å²) in [6.45, 7) is 0. The van der Waals surface area contributed by atoms with Crippen LogP contribution in [0, 0.1) is 0 Å². The van der Waals surface area contributed by atoms with E-state index in [2.05, 4.69) is 9.71 Å². The van der Waals surface area contributed by atoms with Gasteiger partial charge in [0.05, 0.1) is 32.2 Å². The number of sulfonamides is 1. The number of rotatable bonds is 3. The molecule has 0 amide bonds. The number of carbonyl (C=O) groups excluding carboxylic acids is 1. The fourth-order valence-electron chi connectivity index (χ4n) is 3.55. The van der Waals surface area contributed by atoms with Gasteiger partial charge in [0.15, 0.2) is 5.82 Å². The number of benzene rings is 3. The summed E-state index contributed by atoms with van der Waals surface area (Å²) in [7, 11) is -4.12. The number of hydrogen-bond donors (Lipinski definition) is 1. The van der Waals surface area contributed by atoms with E-state index in [1.807, 2.05) is 0 Å². The van der Waals surface area contributed by atoms with E-state index in [1.54, 1.807) is 24.3 Å². The summed E-state index contributed by atoms with van der Waals surface area (Å²) in [4.78, 5) is 29.9. The van der Waals surface area contributed by atoms with E-state index in [9.17, 15) is 18.0 Å². The second kappa shape index (κ2) is 6.91. The number of ketones is 1. The van der Waals surface area contributed by atoms with Crippen LogP contribution in [0.15, 0.2) is 70.4 Å². The third kappa shape index (κ3) is 3.03. The van der Waals surface area contributed by atoms with Crippen LogP contribution in [0.4, 0.5) is 5.69 Å². The van der Waals surface area contributed by atoms with Crippen LogP contribution in [-0.4, -0.2) is 23.8 Å². The van der Waals surface area contributed by atoms with Crippen LogP contribution in [0.25, 0.3) is 16.6 Å². The van der Waals surface area contributed by atoms with E-state index in [4.69, 9.17) is 23.2 Å². The molecule has 1 aliphatic rings. The summed E-state index contributed by atoms with van der Waals surface area (Å²) in [5.41, 5.74) is 0.749. The Labute approximate surface area is 185 Å². The Morgan fingerprint density at radius 2 is 1.61 bits per heavy atom. The van der Waals surface area contributed by atoms with Gasteiger partial charge in [0.1, 0.15) is 4.90 Å². The lowest BCUT2D eigenvalue weighted by molar-refractivity contribution is 0.103. The molecule has 0 saturated heterocycles. The van der Waals surface area contributed by atoms with E-state index in [-0.39, 0.29) is 43.1 Å². The first-order chi connectivity index (χ1) is 14.8. The third-order valence-corrected chi connectivity index (χ3v) is 7.24. The standard InChI is InChI=1S/C21H11Cl2N3O4S/c22-14-5-3-6-15(23)19(14)31(29,30)25-11-8-9-16-13(10-11)21(28)26-17-7-2-1-4-12(17)18(27)20(26)24-16/h1-10,25H. The quantitative estimate of drug-likeness (QED) is 0.428. The molecule has 0 radical (unpaired) electrons. The van der Waals surface area contributed by atoms with E-state index < -0.39 is 15.6 Å². The van der Waals surface area contributed by atoms with Gasteiger partial charge in [-0.25, -0.2) is 13.4 Å². The molecule has 0 aliphatic carbocycles. The molecule has 1 aromatic heterocycles. The minimum atomic E-state index is -4.12. The van der Waals surface area contributed by atoms with Crippen LogP contribution < -0.4 is 10.3 Å². The number of halogens is 2. The lowest BCUT2D eigenvalue weighted by Crippen LogP contribution is -2.22. The Hall–Kier alpha value is -3.20. The molecule has 31 heavy (non-hydrogen) atoms. The van der Waals surface area contributed by atoms with Crippen molar-refractivity contribution in [2.24, 2.45) is 0 Å². The van der Waals surface area contributed by atoms with Crippen molar-refractivity contribution in [3.05, 3.63) is 92.5 Å². The summed E-state index contributed by atoms with van der Waals surface area (Å²) in [6, 6.07) is 15.4. The number of nitrogens with one attached hydrogen (secondary N) is 1. The predicted octanol–water partition coefficient (Wildman–Crippen LogP) is 4.04. The zero-order valence-corrected chi connectivity index (χ0v) is 17.8. The first kappa shape index (κ1) is 19.7. The smallest absolute Gasteiger partial charge is 0.266 e. The highest BCUT2D eigenvalue weighted by atomic mass is 35.5. The third-order valence-electron chi connectivity index (χ3n) is 4.90. The SMILES string of the molecule is O=C1c2ccccc2-n2c1nc1ccc(NS(=O)(=O)c3c(Cl)cccc3Cl)cc1c2=O. The summed E-state index contributed by atoms with van der Waals surface area (Å²) >= 11 is 12.1. The van der Waals surface area contributed by atoms with Gasteiger partial charge < -0.3 is 0 Å². The molecule has 4 aromatic rings. The largest absolute Gasteiger partial charge is 0.285 e. The van der Waals surface area contributed by atoms with Crippen LogP contribution in [0.2, 0.25) is 10.0 Å². The molecule has 0 saturated carbocycles. The van der Waals surface area contributed by atoms with Gasteiger partial charge in [0.2, 0.25) is 5.78 Å². The number of anilines is 1. The molecule has 0 fully saturated rings. The number of nitrogens with zero attached hydrogens (tertiary/aromatic N) is 2. The molecular weight excluding hydrogens is 461 g/mol. The van der Waals surface area contributed by atoms with E-state index in [0.717, 1.165) is 0 Å². The summed E-state index contributed by atoms with van der Waals surface area (Å²) in [6.07, 6.45) is 0. The van der Waals surface area contributed by atoms with Crippen LogP contribution >= 0.6 is 23.2 Å². The minimum absolute atomic E-state index is 0.0230. The average Bonchev–Trinajstić information content (AvgIpc) is 3.01.